The molecule has 9 heteroatoms. The Kier molecular flexibility index (Phi) is 6.22. The molecule has 2 fully saturated rings. The number of pyridine rings is 2. The van der Waals surface area contributed by atoms with Crippen LogP contribution >= 0.6 is 0 Å². The second kappa shape index (κ2) is 9.25. The van der Waals surface area contributed by atoms with Crippen molar-refractivity contribution in [1.29, 1.82) is 5.26 Å². The average molecular weight is 503 g/mol. The second-order valence-corrected chi connectivity index (χ2v) is 11.3. The van der Waals surface area contributed by atoms with Crippen LogP contribution in [-0.2, 0) is 0 Å². The van der Waals surface area contributed by atoms with E-state index in [4.69, 9.17) is 9.72 Å². The third-order valence-electron chi connectivity index (χ3n) is 7.81. The number of hydrogen-bond acceptors (Lipinski definition) is 6. The molecule has 194 valence electrons. The predicted octanol–water partition coefficient (Wildman–Crippen LogP) is 5.05. The van der Waals surface area contributed by atoms with Crippen LogP contribution in [-0.4, -0.2) is 63.0 Å². The summed E-state index contributed by atoms with van der Waals surface area (Å²) in [5.74, 6) is 1.57. The van der Waals surface area contributed by atoms with Crippen LogP contribution in [0.5, 0.6) is 5.75 Å². The number of amides is 1. The maximum atomic E-state index is 11.8. The number of nitrogens with zero attached hydrogens (tertiary/aromatic N) is 6. The van der Waals surface area contributed by atoms with Gasteiger partial charge in [0, 0.05) is 48.4 Å². The van der Waals surface area contributed by atoms with Crippen LogP contribution in [0.2, 0.25) is 0 Å². The molecule has 2 saturated heterocycles. The van der Waals surface area contributed by atoms with Crippen LogP contribution in [0.4, 0.5) is 10.6 Å². The first-order valence-corrected chi connectivity index (χ1v) is 12.9. The minimum atomic E-state index is -0.829. The monoisotopic (exact) mass is 502 g/mol. The summed E-state index contributed by atoms with van der Waals surface area (Å²) in [6, 6.07) is 8.41. The molecular formula is C28H34N6O3. The van der Waals surface area contributed by atoms with E-state index in [-0.39, 0.29) is 16.9 Å². The van der Waals surface area contributed by atoms with Crippen LogP contribution in [0.3, 0.4) is 0 Å². The lowest BCUT2D eigenvalue weighted by Crippen LogP contribution is -2.56. The first-order chi connectivity index (χ1) is 17.7. The van der Waals surface area contributed by atoms with Gasteiger partial charge in [0.05, 0.1) is 30.1 Å². The highest BCUT2D eigenvalue weighted by atomic mass is 16.5. The number of piperidine rings is 1. The molecule has 37 heavy (non-hydrogen) atoms. The van der Waals surface area contributed by atoms with Gasteiger partial charge in [0.25, 0.3) is 0 Å². The SMILES string of the molecule is CCOc1cc(-c2ccc(N3CCC4(CCCN(C(=O)O)C4)[C@@H]3C(C)(C)C)nc2)c2c(C#N)cnn2c1. The molecule has 3 aromatic rings. The summed E-state index contributed by atoms with van der Waals surface area (Å²) in [6.07, 6.45) is 7.23. The third kappa shape index (κ3) is 4.35. The number of likely N-dealkylation sites (tertiary alicyclic amines) is 1. The topological polar surface area (TPSA) is 107 Å². The van der Waals surface area contributed by atoms with Crippen molar-refractivity contribution in [1.82, 2.24) is 19.5 Å². The molecule has 0 radical (unpaired) electrons. The summed E-state index contributed by atoms with van der Waals surface area (Å²) in [5.41, 5.74) is 2.79. The molecule has 5 heterocycles. The van der Waals surface area contributed by atoms with E-state index in [1.165, 1.54) is 0 Å². The highest BCUT2D eigenvalue weighted by Crippen LogP contribution is 2.51. The van der Waals surface area contributed by atoms with Gasteiger partial charge in [0.15, 0.2) is 0 Å². The fourth-order valence-electron chi connectivity index (χ4n) is 6.68. The molecule has 0 saturated carbocycles. The van der Waals surface area contributed by atoms with Crippen LogP contribution < -0.4 is 9.64 Å². The van der Waals surface area contributed by atoms with Gasteiger partial charge >= 0.3 is 6.09 Å². The van der Waals surface area contributed by atoms with Gasteiger partial charge in [-0.3, -0.25) is 0 Å². The number of rotatable bonds is 4. The van der Waals surface area contributed by atoms with Gasteiger partial charge in [-0.15, -0.1) is 0 Å². The summed E-state index contributed by atoms with van der Waals surface area (Å²) in [4.78, 5) is 20.7. The molecule has 2 atom stereocenters. The van der Waals surface area contributed by atoms with Crippen molar-refractivity contribution in [3.63, 3.8) is 0 Å². The van der Waals surface area contributed by atoms with Crippen molar-refractivity contribution >= 4 is 17.4 Å². The van der Waals surface area contributed by atoms with Crippen molar-refractivity contribution in [3.05, 3.63) is 42.4 Å². The molecule has 0 aliphatic carbocycles. The smallest absolute Gasteiger partial charge is 0.407 e. The van der Waals surface area contributed by atoms with Crippen molar-refractivity contribution in [2.45, 2.75) is 53.0 Å². The number of anilines is 1. The lowest BCUT2D eigenvalue weighted by atomic mass is 9.65. The lowest BCUT2D eigenvalue weighted by molar-refractivity contribution is 0.0455. The van der Waals surface area contributed by atoms with Gasteiger partial charge in [0.2, 0.25) is 0 Å². The molecule has 1 spiro atoms. The summed E-state index contributed by atoms with van der Waals surface area (Å²) in [7, 11) is 0. The molecule has 5 rings (SSSR count). The Hall–Kier alpha value is -3.80. The summed E-state index contributed by atoms with van der Waals surface area (Å²) < 4.78 is 7.43. The van der Waals surface area contributed by atoms with E-state index in [0.717, 1.165) is 48.3 Å². The van der Waals surface area contributed by atoms with Crippen LogP contribution in [0.1, 0.15) is 52.5 Å². The molecule has 0 aromatic carbocycles. The number of fused-ring (bicyclic) bond motifs is 1. The fraction of sp³-hybridized carbons (Fsp3) is 0.500. The third-order valence-corrected chi connectivity index (χ3v) is 7.81. The fourth-order valence-corrected chi connectivity index (χ4v) is 6.68. The largest absolute Gasteiger partial charge is 0.492 e. The molecular weight excluding hydrogens is 468 g/mol. The highest BCUT2D eigenvalue weighted by Gasteiger charge is 2.54. The Morgan fingerprint density at radius 2 is 2.08 bits per heavy atom. The van der Waals surface area contributed by atoms with Crippen molar-refractivity contribution in [2.75, 3.05) is 31.1 Å². The van der Waals surface area contributed by atoms with Crippen LogP contribution in [0.15, 0.2) is 36.8 Å². The van der Waals surface area contributed by atoms with E-state index in [9.17, 15) is 15.2 Å². The Morgan fingerprint density at radius 3 is 2.73 bits per heavy atom. The summed E-state index contributed by atoms with van der Waals surface area (Å²) in [5, 5.41) is 23.7. The Morgan fingerprint density at radius 1 is 1.27 bits per heavy atom. The standard InChI is InChI=1S/C28H34N6O3/c1-5-37-21-13-22(24-20(14-29)16-31-34(24)17-21)19-7-8-23(30-15-19)33-12-10-28(25(33)27(2,3)4)9-6-11-32(18-28)26(35)36/h7-8,13,15-17,25H,5-6,9-12,18H2,1-4H3,(H,35,36)/t25-,28?/m0/s1. The van der Waals surface area contributed by atoms with E-state index in [1.54, 1.807) is 21.8 Å². The number of nitriles is 1. The molecule has 1 unspecified atom stereocenters. The number of carbonyl (C=O) groups is 1. The van der Waals surface area contributed by atoms with Crippen LogP contribution in [0.25, 0.3) is 16.6 Å². The lowest BCUT2D eigenvalue weighted by Gasteiger charge is -2.49. The van der Waals surface area contributed by atoms with Crippen LogP contribution in [0, 0.1) is 22.2 Å². The van der Waals surface area contributed by atoms with Crippen molar-refractivity contribution < 1.29 is 14.6 Å². The van der Waals surface area contributed by atoms with E-state index in [2.05, 4.69) is 36.8 Å². The quantitative estimate of drug-likeness (QED) is 0.532. The van der Waals surface area contributed by atoms with Gasteiger partial charge in [-0.25, -0.2) is 14.3 Å². The predicted molar refractivity (Wildman–Crippen MR) is 141 cm³/mol. The number of hydrogen-bond donors (Lipinski definition) is 1. The van der Waals surface area contributed by atoms with E-state index >= 15 is 0 Å². The number of ether oxygens (including phenoxy) is 1. The maximum Gasteiger partial charge on any atom is 0.407 e. The zero-order chi connectivity index (χ0) is 26.4. The van der Waals surface area contributed by atoms with Crippen molar-refractivity contribution in [3.8, 4) is 22.9 Å². The van der Waals surface area contributed by atoms with E-state index in [0.29, 0.717) is 31.0 Å². The maximum absolute atomic E-state index is 11.8. The second-order valence-electron chi connectivity index (χ2n) is 11.3. The Labute approximate surface area is 217 Å². The average Bonchev–Trinajstić information content (AvgIpc) is 3.45. The Bertz CT molecular complexity index is 1350. The number of aromatic nitrogens is 3. The summed E-state index contributed by atoms with van der Waals surface area (Å²) in [6.45, 7) is 11.2. The zero-order valence-electron chi connectivity index (χ0n) is 21.9. The molecule has 1 amide bonds. The first kappa shape index (κ1) is 24.9. The van der Waals surface area contributed by atoms with Crippen molar-refractivity contribution in [2.24, 2.45) is 10.8 Å². The molecule has 2 aliphatic heterocycles. The van der Waals surface area contributed by atoms with Gasteiger partial charge in [-0.2, -0.15) is 10.4 Å². The number of carboxylic acid groups (broad SMARTS) is 1. The first-order valence-electron chi connectivity index (χ1n) is 12.9. The minimum Gasteiger partial charge on any atom is -0.492 e. The molecule has 1 N–H and O–H groups in total. The minimum absolute atomic E-state index is 0.0599. The van der Waals surface area contributed by atoms with E-state index < -0.39 is 6.09 Å². The molecule has 2 aliphatic rings. The van der Waals surface area contributed by atoms with Gasteiger partial charge in [-0.1, -0.05) is 20.8 Å². The van der Waals surface area contributed by atoms with E-state index in [1.807, 2.05) is 31.3 Å². The zero-order valence-corrected chi connectivity index (χ0v) is 21.9. The molecule has 3 aromatic heterocycles. The highest BCUT2D eigenvalue weighted by molar-refractivity contribution is 5.85. The molecule has 9 nitrogen and oxygen atoms in total. The normalized spacial score (nSPS) is 22.0. The van der Waals surface area contributed by atoms with Gasteiger partial charge in [-0.05, 0) is 49.8 Å². The van der Waals surface area contributed by atoms with Gasteiger partial charge < -0.3 is 19.6 Å². The molecule has 0 bridgehead atoms. The Balaban J connectivity index is 1.51. The van der Waals surface area contributed by atoms with Gasteiger partial charge in [0.1, 0.15) is 17.6 Å². The summed E-state index contributed by atoms with van der Waals surface area (Å²) >= 11 is 0.